The molecule has 1 heterocycles. The van der Waals surface area contributed by atoms with Crippen molar-refractivity contribution in [3.05, 3.63) is 44.1 Å². The van der Waals surface area contributed by atoms with Crippen LogP contribution < -0.4 is 5.32 Å². The molecule has 0 fully saturated rings. The lowest BCUT2D eigenvalue weighted by atomic mass is 10.1. The predicted octanol–water partition coefficient (Wildman–Crippen LogP) is 4.18. The minimum absolute atomic E-state index is 0.0831. The Hall–Kier alpha value is -1.85. The molecule has 1 aromatic heterocycles. The SMILES string of the molecule is CC(=O)c1c(C)sc(C)c1NC(=O)c1ccc(O)c(Cl)c1. The Kier molecular flexibility index (Phi) is 4.34. The van der Waals surface area contributed by atoms with Gasteiger partial charge in [0.25, 0.3) is 5.91 Å². The molecule has 0 atom stereocenters. The van der Waals surface area contributed by atoms with Gasteiger partial charge in [0, 0.05) is 15.3 Å². The Balaban J connectivity index is 2.36. The quantitative estimate of drug-likeness (QED) is 0.833. The third-order valence-electron chi connectivity index (χ3n) is 3.06. The summed E-state index contributed by atoms with van der Waals surface area (Å²) in [4.78, 5) is 25.7. The van der Waals surface area contributed by atoms with Crippen LogP contribution >= 0.6 is 22.9 Å². The molecule has 0 saturated carbocycles. The number of carbonyl (C=O) groups excluding carboxylic acids is 2. The minimum atomic E-state index is -0.375. The second-order valence-corrected chi connectivity index (χ2v) is 6.48. The van der Waals surface area contributed by atoms with E-state index in [2.05, 4.69) is 5.32 Å². The zero-order valence-electron chi connectivity index (χ0n) is 11.8. The minimum Gasteiger partial charge on any atom is -0.506 e. The van der Waals surface area contributed by atoms with Crippen molar-refractivity contribution in [1.82, 2.24) is 0 Å². The third-order valence-corrected chi connectivity index (χ3v) is 4.38. The zero-order chi connectivity index (χ0) is 15.7. The second kappa shape index (κ2) is 5.87. The topological polar surface area (TPSA) is 66.4 Å². The van der Waals surface area contributed by atoms with Crippen LogP contribution in [0.25, 0.3) is 0 Å². The van der Waals surface area contributed by atoms with Gasteiger partial charge >= 0.3 is 0 Å². The average molecular weight is 324 g/mol. The van der Waals surface area contributed by atoms with E-state index in [1.165, 1.54) is 36.5 Å². The van der Waals surface area contributed by atoms with Gasteiger partial charge in [-0.2, -0.15) is 0 Å². The predicted molar refractivity (Wildman–Crippen MR) is 84.9 cm³/mol. The number of hydrogen-bond donors (Lipinski definition) is 2. The number of anilines is 1. The number of ketones is 1. The Bertz CT molecular complexity index is 737. The van der Waals surface area contributed by atoms with Crippen LogP contribution in [-0.4, -0.2) is 16.8 Å². The van der Waals surface area contributed by atoms with Crippen molar-refractivity contribution in [2.45, 2.75) is 20.8 Å². The van der Waals surface area contributed by atoms with E-state index in [9.17, 15) is 14.7 Å². The van der Waals surface area contributed by atoms with E-state index >= 15 is 0 Å². The van der Waals surface area contributed by atoms with Gasteiger partial charge in [-0.3, -0.25) is 9.59 Å². The van der Waals surface area contributed by atoms with Gasteiger partial charge in [0.2, 0.25) is 0 Å². The van der Waals surface area contributed by atoms with Gasteiger partial charge < -0.3 is 10.4 Å². The number of phenols is 1. The first kappa shape index (κ1) is 15.5. The van der Waals surface area contributed by atoms with Crippen LogP contribution in [-0.2, 0) is 0 Å². The number of nitrogens with one attached hydrogen (secondary N) is 1. The zero-order valence-corrected chi connectivity index (χ0v) is 13.4. The number of phenolic OH excluding ortho intramolecular Hbond substituents is 1. The van der Waals surface area contributed by atoms with Crippen LogP contribution in [0.2, 0.25) is 5.02 Å². The van der Waals surface area contributed by atoms with E-state index in [0.717, 1.165) is 9.75 Å². The average Bonchev–Trinajstić information content (AvgIpc) is 2.67. The van der Waals surface area contributed by atoms with Crippen molar-refractivity contribution < 1.29 is 14.7 Å². The van der Waals surface area contributed by atoms with Crippen molar-refractivity contribution in [3.63, 3.8) is 0 Å². The fourth-order valence-electron chi connectivity index (χ4n) is 2.09. The van der Waals surface area contributed by atoms with E-state index in [-0.39, 0.29) is 22.5 Å². The summed E-state index contributed by atoms with van der Waals surface area (Å²) in [5.41, 5.74) is 1.39. The summed E-state index contributed by atoms with van der Waals surface area (Å²) in [7, 11) is 0. The first-order valence-corrected chi connectivity index (χ1v) is 7.41. The molecule has 6 heteroatoms. The second-order valence-electron chi connectivity index (χ2n) is 4.64. The first-order valence-electron chi connectivity index (χ1n) is 6.22. The molecule has 21 heavy (non-hydrogen) atoms. The van der Waals surface area contributed by atoms with Gasteiger partial charge in [0.15, 0.2) is 5.78 Å². The molecule has 2 rings (SSSR count). The third kappa shape index (κ3) is 3.09. The van der Waals surface area contributed by atoms with Crippen LogP contribution in [0, 0.1) is 13.8 Å². The number of carbonyl (C=O) groups is 2. The van der Waals surface area contributed by atoms with Gasteiger partial charge in [-0.05, 0) is 39.0 Å². The Labute approximate surface area is 131 Å². The lowest BCUT2D eigenvalue weighted by molar-refractivity contribution is 0.101. The Morgan fingerprint density at radius 2 is 1.90 bits per heavy atom. The Morgan fingerprint density at radius 3 is 2.48 bits per heavy atom. The molecular weight excluding hydrogens is 310 g/mol. The highest BCUT2D eigenvalue weighted by Crippen LogP contribution is 2.33. The number of hydrogen-bond acceptors (Lipinski definition) is 4. The van der Waals surface area contributed by atoms with Gasteiger partial charge in [0.1, 0.15) is 5.75 Å². The van der Waals surface area contributed by atoms with Crippen molar-refractivity contribution in [1.29, 1.82) is 0 Å². The van der Waals surface area contributed by atoms with E-state index in [0.29, 0.717) is 16.8 Å². The maximum atomic E-state index is 12.3. The monoisotopic (exact) mass is 323 g/mol. The van der Waals surface area contributed by atoms with E-state index in [1.807, 2.05) is 13.8 Å². The van der Waals surface area contributed by atoms with Crippen molar-refractivity contribution in [2.75, 3.05) is 5.32 Å². The molecule has 0 saturated heterocycles. The molecule has 0 unspecified atom stereocenters. The fraction of sp³-hybridized carbons (Fsp3) is 0.200. The van der Waals surface area contributed by atoms with Crippen molar-refractivity contribution in [3.8, 4) is 5.75 Å². The van der Waals surface area contributed by atoms with Crippen LogP contribution in [0.5, 0.6) is 5.75 Å². The maximum Gasteiger partial charge on any atom is 0.255 e. The smallest absolute Gasteiger partial charge is 0.255 e. The normalized spacial score (nSPS) is 10.5. The summed E-state index contributed by atoms with van der Waals surface area (Å²) in [6.07, 6.45) is 0. The molecule has 0 radical (unpaired) electrons. The van der Waals surface area contributed by atoms with Crippen LogP contribution in [0.4, 0.5) is 5.69 Å². The molecule has 2 aromatic rings. The number of aryl methyl sites for hydroxylation is 2. The first-order chi connectivity index (χ1) is 9.81. The highest BCUT2D eigenvalue weighted by molar-refractivity contribution is 7.12. The van der Waals surface area contributed by atoms with Gasteiger partial charge in [0.05, 0.1) is 16.3 Å². The molecule has 1 aromatic carbocycles. The molecule has 0 spiro atoms. The van der Waals surface area contributed by atoms with Gasteiger partial charge in [-0.25, -0.2) is 0 Å². The summed E-state index contributed by atoms with van der Waals surface area (Å²) in [6.45, 7) is 5.17. The number of Topliss-reactive ketones (excluding diaryl/α,β-unsaturated/α-hetero) is 1. The van der Waals surface area contributed by atoms with Crippen LogP contribution in [0.1, 0.15) is 37.4 Å². The van der Waals surface area contributed by atoms with Crippen molar-refractivity contribution >= 4 is 40.3 Å². The summed E-state index contributed by atoms with van der Waals surface area (Å²) < 4.78 is 0. The highest BCUT2D eigenvalue weighted by Gasteiger charge is 2.19. The number of benzene rings is 1. The molecule has 0 aliphatic rings. The van der Waals surface area contributed by atoms with Crippen LogP contribution in [0.15, 0.2) is 18.2 Å². The molecule has 0 aliphatic heterocycles. The summed E-state index contributed by atoms with van der Waals surface area (Å²) in [5.74, 6) is -0.545. The van der Waals surface area contributed by atoms with Crippen LogP contribution in [0.3, 0.4) is 0 Å². The molecular formula is C15H14ClNO3S. The number of halogens is 1. The summed E-state index contributed by atoms with van der Waals surface area (Å²) in [5, 5.41) is 12.2. The number of aromatic hydroxyl groups is 1. The lowest BCUT2D eigenvalue weighted by Gasteiger charge is -2.08. The number of amides is 1. The largest absolute Gasteiger partial charge is 0.506 e. The van der Waals surface area contributed by atoms with E-state index in [4.69, 9.17) is 11.6 Å². The maximum absolute atomic E-state index is 12.3. The highest BCUT2D eigenvalue weighted by atomic mass is 35.5. The van der Waals surface area contributed by atoms with Crippen molar-refractivity contribution in [2.24, 2.45) is 0 Å². The standard InChI is InChI=1S/C15H14ClNO3S/c1-7(18)13-8(2)21-9(3)14(13)17-15(20)10-4-5-12(19)11(16)6-10/h4-6,19H,1-3H3,(H,17,20). The van der Waals surface area contributed by atoms with E-state index < -0.39 is 0 Å². The molecule has 0 bridgehead atoms. The molecule has 0 aliphatic carbocycles. The molecule has 1 amide bonds. The van der Waals surface area contributed by atoms with Gasteiger partial charge in [-0.15, -0.1) is 11.3 Å². The van der Waals surface area contributed by atoms with E-state index in [1.54, 1.807) is 0 Å². The Morgan fingerprint density at radius 1 is 1.24 bits per heavy atom. The number of rotatable bonds is 3. The molecule has 4 nitrogen and oxygen atoms in total. The summed E-state index contributed by atoms with van der Waals surface area (Å²) in [6, 6.07) is 4.21. The number of thiophene rings is 1. The molecule has 110 valence electrons. The molecule has 2 N–H and O–H groups in total. The fourth-order valence-corrected chi connectivity index (χ4v) is 3.33. The lowest BCUT2D eigenvalue weighted by Crippen LogP contribution is -2.14. The summed E-state index contributed by atoms with van der Waals surface area (Å²) >= 11 is 7.26. The van der Waals surface area contributed by atoms with Gasteiger partial charge in [-0.1, -0.05) is 11.6 Å².